The van der Waals surface area contributed by atoms with Gasteiger partial charge in [-0.15, -0.1) is 0 Å². The fourth-order valence-electron chi connectivity index (χ4n) is 3.46. The molecule has 128 valence electrons. The number of carbonyl (C=O) groups excluding carboxylic acids is 3. The van der Waals surface area contributed by atoms with Crippen molar-refractivity contribution in [3.8, 4) is 0 Å². The van der Waals surface area contributed by atoms with Crippen molar-refractivity contribution in [2.45, 2.75) is 57.2 Å². The molecule has 2 amide bonds. The van der Waals surface area contributed by atoms with Gasteiger partial charge >= 0.3 is 0 Å². The molecule has 1 aromatic rings. The summed E-state index contributed by atoms with van der Waals surface area (Å²) in [4.78, 5) is 35.6. The number of Topliss-reactive ketones (excluding diaryl/α,β-unsaturated/α-hetero) is 1. The SMILES string of the molecule is CC(=O)c1ccc(NC(=O)C[C@H]2N[C@@H]3CCCC[C@@H]3NC2=O)cc1. The second kappa shape index (κ2) is 7.13. The zero-order valence-electron chi connectivity index (χ0n) is 13.8. The molecular weight excluding hydrogens is 306 g/mol. The number of ketones is 1. The highest BCUT2D eigenvalue weighted by atomic mass is 16.2. The molecule has 0 spiro atoms. The fourth-order valence-corrected chi connectivity index (χ4v) is 3.46. The van der Waals surface area contributed by atoms with E-state index in [-0.39, 0.29) is 36.1 Å². The Labute approximate surface area is 141 Å². The highest BCUT2D eigenvalue weighted by Gasteiger charge is 2.36. The quantitative estimate of drug-likeness (QED) is 0.733. The minimum Gasteiger partial charge on any atom is -0.350 e. The van der Waals surface area contributed by atoms with E-state index in [0.717, 1.165) is 25.7 Å². The van der Waals surface area contributed by atoms with E-state index in [0.29, 0.717) is 11.3 Å². The average molecular weight is 329 g/mol. The molecule has 0 unspecified atom stereocenters. The molecule has 6 nitrogen and oxygen atoms in total. The summed E-state index contributed by atoms with van der Waals surface area (Å²) in [6.45, 7) is 1.50. The van der Waals surface area contributed by atoms with Crippen molar-refractivity contribution in [1.82, 2.24) is 10.6 Å². The molecule has 0 radical (unpaired) electrons. The van der Waals surface area contributed by atoms with Crippen LogP contribution in [-0.4, -0.2) is 35.7 Å². The van der Waals surface area contributed by atoms with Crippen LogP contribution in [0.1, 0.15) is 49.4 Å². The Kier molecular flexibility index (Phi) is 4.94. The highest BCUT2D eigenvalue weighted by Crippen LogP contribution is 2.22. The van der Waals surface area contributed by atoms with Crippen LogP contribution in [0.3, 0.4) is 0 Å². The second-order valence-electron chi connectivity index (χ2n) is 6.61. The van der Waals surface area contributed by atoms with Crippen molar-refractivity contribution < 1.29 is 14.4 Å². The second-order valence-corrected chi connectivity index (χ2v) is 6.61. The van der Waals surface area contributed by atoms with Gasteiger partial charge in [-0.2, -0.15) is 0 Å². The number of hydrogen-bond donors (Lipinski definition) is 3. The highest BCUT2D eigenvalue weighted by molar-refractivity contribution is 5.97. The zero-order chi connectivity index (χ0) is 17.1. The van der Waals surface area contributed by atoms with Gasteiger partial charge in [-0.3, -0.25) is 14.4 Å². The number of hydrogen-bond acceptors (Lipinski definition) is 4. The van der Waals surface area contributed by atoms with Crippen LogP contribution in [0, 0.1) is 0 Å². The molecule has 24 heavy (non-hydrogen) atoms. The van der Waals surface area contributed by atoms with Crippen LogP contribution < -0.4 is 16.0 Å². The molecule has 3 N–H and O–H groups in total. The van der Waals surface area contributed by atoms with Crippen LogP contribution in [0.2, 0.25) is 0 Å². The molecule has 6 heteroatoms. The largest absolute Gasteiger partial charge is 0.350 e. The van der Waals surface area contributed by atoms with Gasteiger partial charge in [0.05, 0.1) is 12.5 Å². The van der Waals surface area contributed by atoms with Gasteiger partial charge in [0.1, 0.15) is 0 Å². The molecule has 2 aliphatic rings. The van der Waals surface area contributed by atoms with Gasteiger partial charge in [0.2, 0.25) is 11.8 Å². The Morgan fingerprint density at radius 3 is 2.46 bits per heavy atom. The van der Waals surface area contributed by atoms with Gasteiger partial charge < -0.3 is 16.0 Å². The third-order valence-electron chi connectivity index (χ3n) is 4.79. The lowest BCUT2D eigenvalue weighted by Crippen LogP contribution is -2.65. The lowest BCUT2D eigenvalue weighted by molar-refractivity contribution is -0.129. The topological polar surface area (TPSA) is 87.3 Å². The van der Waals surface area contributed by atoms with Crippen LogP contribution in [-0.2, 0) is 9.59 Å². The number of carbonyl (C=O) groups is 3. The maximum atomic E-state index is 12.2. The van der Waals surface area contributed by atoms with Gasteiger partial charge in [0, 0.05) is 23.3 Å². The molecule has 3 atom stereocenters. The van der Waals surface area contributed by atoms with Crippen molar-refractivity contribution in [2.24, 2.45) is 0 Å². The summed E-state index contributed by atoms with van der Waals surface area (Å²) in [6.07, 6.45) is 4.44. The third-order valence-corrected chi connectivity index (χ3v) is 4.79. The number of piperazine rings is 1. The number of anilines is 1. The van der Waals surface area contributed by atoms with Crippen molar-refractivity contribution in [1.29, 1.82) is 0 Å². The molecule has 0 aromatic heterocycles. The van der Waals surface area contributed by atoms with E-state index in [1.165, 1.54) is 6.92 Å². The molecule has 0 bridgehead atoms. The maximum Gasteiger partial charge on any atom is 0.237 e. The van der Waals surface area contributed by atoms with E-state index in [1.54, 1.807) is 24.3 Å². The van der Waals surface area contributed by atoms with Crippen molar-refractivity contribution in [3.05, 3.63) is 29.8 Å². The van der Waals surface area contributed by atoms with E-state index in [1.807, 2.05) is 0 Å². The van der Waals surface area contributed by atoms with Crippen molar-refractivity contribution >= 4 is 23.3 Å². The Hall–Kier alpha value is -2.21. The monoisotopic (exact) mass is 329 g/mol. The fraction of sp³-hybridized carbons (Fsp3) is 0.500. The van der Waals surface area contributed by atoms with Gasteiger partial charge in [-0.25, -0.2) is 0 Å². The number of amides is 2. The molecule has 2 fully saturated rings. The molecular formula is C18H23N3O3. The van der Waals surface area contributed by atoms with Gasteiger partial charge in [-0.05, 0) is 44.0 Å². The Morgan fingerprint density at radius 2 is 1.79 bits per heavy atom. The van der Waals surface area contributed by atoms with Gasteiger partial charge in [-0.1, -0.05) is 12.8 Å². The lowest BCUT2D eigenvalue weighted by Gasteiger charge is -2.40. The number of nitrogens with one attached hydrogen (secondary N) is 3. The summed E-state index contributed by atoms with van der Waals surface area (Å²) in [5.74, 6) is -0.328. The summed E-state index contributed by atoms with van der Waals surface area (Å²) >= 11 is 0. The predicted molar refractivity (Wildman–Crippen MR) is 90.8 cm³/mol. The van der Waals surface area contributed by atoms with E-state index in [9.17, 15) is 14.4 Å². The van der Waals surface area contributed by atoms with Crippen molar-refractivity contribution in [3.63, 3.8) is 0 Å². The third kappa shape index (κ3) is 3.82. The van der Waals surface area contributed by atoms with E-state index < -0.39 is 6.04 Å². The summed E-state index contributed by atoms with van der Waals surface area (Å²) < 4.78 is 0. The molecule has 1 aliphatic heterocycles. The van der Waals surface area contributed by atoms with Crippen LogP contribution in [0.5, 0.6) is 0 Å². The molecule has 1 aliphatic carbocycles. The summed E-state index contributed by atoms with van der Waals surface area (Å²) in [5, 5.41) is 9.14. The van der Waals surface area contributed by atoms with E-state index >= 15 is 0 Å². The van der Waals surface area contributed by atoms with E-state index in [4.69, 9.17) is 0 Å². The van der Waals surface area contributed by atoms with E-state index in [2.05, 4.69) is 16.0 Å². The van der Waals surface area contributed by atoms with Crippen molar-refractivity contribution in [2.75, 3.05) is 5.32 Å². The molecule has 1 saturated heterocycles. The van der Waals surface area contributed by atoms with Crippen LogP contribution in [0.4, 0.5) is 5.69 Å². The number of fused-ring (bicyclic) bond motifs is 1. The zero-order valence-corrected chi connectivity index (χ0v) is 13.8. The Morgan fingerprint density at radius 1 is 1.12 bits per heavy atom. The lowest BCUT2D eigenvalue weighted by atomic mass is 9.87. The standard InChI is InChI=1S/C18H23N3O3/c1-11(22)12-6-8-13(9-7-12)19-17(23)10-16-18(24)21-15-5-3-2-4-14(15)20-16/h6-9,14-16,20H,2-5,10H2,1H3,(H,19,23)(H,21,24)/t14-,15+,16-/m1/s1. The van der Waals surface area contributed by atoms with Crippen LogP contribution in [0.15, 0.2) is 24.3 Å². The summed E-state index contributed by atoms with van der Waals surface area (Å²) in [5.41, 5.74) is 1.22. The summed E-state index contributed by atoms with van der Waals surface area (Å²) in [6, 6.07) is 6.72. The van der Waals surface area contributed by atoms with Crippen LogP contribution >= 0.6 is 0 Å². The first-order valence-electron chi connectivity index (χ1n) is 8.50. The first-order chi connectivity index (χ1) is 11.5. The smallest absolute Gasteiger partial charge is 0.237 e. The predicted octanol–water partition coefficient (Wildman–Crippen LogP) is 1.62. The minimum atomic E-state index is -0.485. The molecule has 3 rings (SSSR count). The van der Waals surface area contributed by atoms with Gasteiger partial charge in [0.25, 0.3) is 0 Å². The first-order valence-corrected chi connectivity index (χ1v) is 8.50. The molecule has 1 aromatic carbocycles. The van der Waals surface area contributed by atoms with Gasteiger partial charge in [0.15, 0.2) is 5.78 Å². The first kappa shape index (κ1) is 16.6. The maximum absolute atomic E-state index is 12.2. The number of benzene rings is 1. The average Bonchev–Trinajstić information content (AvgIpc) is 2.56. The number of rotatable bonds is 4. The Bertz CT molecular complexity index is 641. The normalized spacial score (nSPS) is 26.2. The molecule has 1 saturated carbocycles. The minimum absolute atomic E-state index is 0.0158. The molecule has 1 heterocycles. The van der Waals surface area contributed by atoms with Crippen LogP contribution in [0.25, 0.3) is 0 Å². The Balaban J connectivity index is 1.56. The summed E-state index contributed by atoms with van der Waals surface area (Å²) in [7, 11) is 0.